The van der Waals surface area contributed by atoms with E-state index in [1.165, 1.54) is 16.4 Å². The van der Waals surface area contributed by atoms with Gasteiger partial charge in [0.1, 0.15) is 0 Å². The molecule has 0 saturated heterocycles. The maximum absolute atomic E-state index is 13.6. The summed E-state index contributed by atoms with van der Waals surface area (Å²) in [6, 6.07) is 19.8. The molecule has 31 heavy (non-hydrogen) atoms. The molecule has 0 aliphatic carbocycles. The van der Waals surface area contributed by atoms with Gasteiger partial charge in [0.2, 0.25) is 0 Å². The summed E-state index contributed by atoms with van der Waals surface area (Å²) in [6.07, 6.45) is 1.15. The van der Waals surface area contributed by atoms with Gasteiger partial charge in [-0.15, -0.1) is 0 Å². The minimum absolute atomic E-state index is 0.0813. The maximum Gasteiger partial charge on any atom is 0.264 e. The van der Waals surface area contributed by atoms with Crippen LogP contribution in [-0.4, -0.2) is 29.6 Å². The van der Waals surface area contributed by atoms with Crippen LogP contribution >= 0.6 is 11.6 Å². The van der Waals surface area contributed by atoms with E-state index in [1.54, 1.807) is 60.7 Å². The molecule has 0 fully saturated rings. The van der Waals surface area contributed by atoms with E-state index in [9.17, 15) is 16.8 Å². The Hall–Kier alpha value is -2.35. The van der Waals surface area contributed by atoms with Gasteiger partial charge < -0.3 is 0 Å². The highest BCUT2D eigenvalue weighted by molar-refractivity contribution is 7.92. The van der Waals surface area contributed by atoms with E-state index in [2.05, 4.69) is 0 Å². The number of para-hydroxylation sites is 1. The molecule has 0 bridgehead atoms. The fraction of sp³-hybridized carbons (Fsp3) is 0.217. The van der Waals surface area contributed by atoms with Crippen molar-refractivity contribution >= 4 is 37.1 Å². The third-order valence-corrected chi connectivity index (χ3v) is 7.91. The fourth-order valence-corrected chi connectivity index (χ4v) is 5.78. The number of halogens is 1. The van der Waals surface area contributed by atoms with E-state index < -0.39 is 19.9 Å². The molecule has 0 aliphatic rings. The quantitative estimate of drug-likeness (QED) is 0.465. The molecule has 0 aliphatic heterocycles. The van der Waals surface area contributed by atoms with Crippen LogP contribution < -0.4 is 4.31 Å². The molecule has 5 nitrogen and oxygen atoms in total. The summed E-state index contributed by atoms with van der Waals surface area (Å²) in [6.45, 7) is 4.16. The molecule has 0 radical (unpaired) electrons. The molecule has 0 aromatic heterocycles. The van der Waals surface area contributed by atoms with Gasteiger partial charge >= 0.3 is 0 Å². The van der Waals surface area contributed by atoms with E-state index >= 15 is 0 Å². The minimum atomic E-state index is -3.88. The Morgan fingerprint density at radius 2 is 1.45 bits per heavy atom. The third kappa shape index (κ3) is 5.29. The predicted octanol–water partition coefficient (Wildman–Crippen LogP) is 5.26. The Bertz CT molecular complexity index is 1290. The summed E-state index contributed by atoms with van der Waals surface area (Å²) >= 11 is 6.32. The summed E-state index contributed by atoms with van der Waals surface area (Å²) in [5.74, 6) is 0.0813. The van der Waals surface area contributed by atoms with Crippen LogP contribution in [0.4, 0.5) is 5.69 Å². The highest BCUT2D eigenvalue weighted by Crippen LogP contribution is 2.32. The number of hydrogen-bond acceptors (Lipinski definition) is 4. The van der Waals surface area contributed by atoms with Gasteiger partial charge in [-0.2, -0.15) is 0 Å². The molecule has 3 rings (SSSR count). The summed E-state index contributed by atoms with van der Waals surface area (Å²) in [4.78, 5) is 0.347. The number of benzene rings is 3. The van der Waals surface area contributed by atoms with Gasteiger partial charge in [0.25, 0.3) is 10.0 Å². The second-order valence-electron chi connectivity index (χ2n) is 7.71. The zero-order valence-corrected chi connectivity index (χ0v) is 19.9. The largest absolute Gasteiger partial charge is 0.265 e. The topological polar surface area (TPSA) is 71.5 Å². The number of hydrogen-bond donors (Lipinski definition) is 0. The van der Waals surface area contributed by atoms with Crippen LogP contribution in [0.5, 0.6) is 0 Å². The summed E-state index contributed by atoms with van der Waals surface area (Å²) < 4.78 is 51.9. The zero-order valence-electron chi connectivity index (χ0n) is 17.5. The summed E-state index contributed by atoms with van der Waals surface area (Å²) in [5, 5.41) is 0.360. The van der Waals surface area contributed by atoms with Gasteiger partial charge in [-0.1, -0.05) is 61.8 Å². The highest BCUT2D eigenvalue weighted by Gasteiger charge is 2.27. The van der Waals surface area contributed by atoms with Crippen molar-refractivity contribution in [2.45, 2.75) is 23.6 Å². The van der Waals surface area contributed by atoms with Crippen molar-refractivity contribution in [2.75, 3.05) is 17.1 Å². The minimum Gasteiger partial charge on any atom is -0.265 e. The van der Waals surface area contributed by atoms with E-state index in [4.69, 9.17) is 11.6 Å². The number of sulfonamides is 1. The van der Waals surface area contributed by atoms with E-state index in [0.717, 1.165) is 11.8 Å². The molecule has 0 unspecified atom stereocenters. The Labute approximate surface area is 189 Å². The predicted molar refractivity (Wildman–Crippen MR) is 126 cm³/mol. The van der Waals surface area contributed by atoms with Crippen LogP contribution in [0.25, 0.3) is 11.1 Å². The molecule has 0 amide bonds. The van der Waals surface area contributed by atoms with Gasteiger partial charge in [-0.05, 0) is 53.4 Å². The first-order valence-electron chi connectivity index (χ1n) is 9.68. The zero-order chi connectivity index (χ0) is 22.8. The van der Waals surface area contributed by atoms with E-state index in [1.807, 2.05) is 13.8 Å². The average molecular weight is 478 g/mol. The van der Waals surface area contributed by atoms with Crippen LogP contribution in [0.1, 0.15) is 13.8 Å². The second kappa shape index (κ2) is 9.02. The smallest absolute Gasteiger partial charge is 0.264 e. The molecule has 0 saturated carbocycles. The first-order chi connectivity index (χ1) is 14.5. The second-order valence-corrected chi connectivity index (χ2v) is 12.0. The number of anilines is 1. The SMILES string of the molecule is CC(C)CN(c1ccccc1Cl)S(=O)(=O)c1cccc(-c2ccc(S(C)(=O)=O)cc2)c1. The molecule has 3 aromatic carbocycles. The number of rotatable bonds is 7. The molecular formula is C23H24ClNO4S2. The van der Waals surface area contributed by atoms with Gasteiger partial charge in [0, 0.05) is 12.8 Å². The van der Waals surface area contributed by atoms with Crippen LogP contribution in [0.2, 0.25) is 5.02 Å². The van der Waals surface area contributed by atoms with Crippen molar-refractivity contribution in [1.82, 2.24) is 0 Å². The number of sulfone groups is 1. The van der Waals surface area contributed by atoms with Crippen LogP contribution in [0, 0.1) is 5.92 Å². The molecule has 0 spiro atoms. The molecule has 164 valence electrons. The Morgan fingerprint density at radius 1 is 0.806 bits per heavy atom. The number of nitrogens with zero attached hydrogens (tertiary/aromatic N) is 1. The normalized spacial score (nSPS) is 12.2. The van der Waals surface area contributed by atoms with Crippen LogP contribution in [-0.2, 0) is 19.9 Å². The van der Waals surface area contributed by atoms with Crippen LogP contribution in [0.15, 0.2) is 82.6 Å². The van der Waals surface area contributed by atoms with Crippen molar-refractivity contribution in [3.8, 4) is 11.1 Å². The lowest BCUT2D eigenvalue weighted by Crippen LogP contribution is -2.34. The molecule has 0 heterocycles. The molecule has 8 heteroatoms. The third-order valence-electron chi connectivity index (χ3n) is 4.69. The van der Waals surface area contributed by atoms with Crippen LogP contribution in [0.3, 0.4) is 0 Å². The molecule has 3 aromatic rings. The lowest BCUT2D eigenvalue weighted by atomic mass is 10.1. The lowest BCUT2D eigenvalue weighted by molar-refractivity contribution is 0.578. The maximum atomic E-state index is 13.6. The monoisotopic (exact) mass is 477 g/mol. The highest BCUT2D eigenvalue weighted by atomic mass is 35.5. The summed E-state index contributed by atoms with van der Waals surface area (Å²) in [5.41, 5.74) is 1.82. The van der Waals surface area contributed by atoms with Crippen molar-refractivity contribution in [2.24, 2.45) is 5.92 Å². The molecule has 0 atom stereocenters. The fourth-order valence-electron chi connectivity index (χ4n) is 3.17. The van der Waals surface area contributed by atoms with Crippen molar-refractivity contribution in [1.29, 1.82) is 0 Å². The Balaban J connectivity index is 2.06. The van der Waals surface area contributed by atoms with Gasteiger partial charge in [0.15, 0.2) is 9.84 Å². The van der Waals surface area contributed by atoms with Gasteiger partial charge in [-0.25, -0.2) is 16.8 Å². The summed E-state index contributed by atoms with van der Waals surface area (Å²) in [7, 11) is -7.19. The van der Waals surface area contributed by atoms with E-state index in [0.29, 0.717) is 16.3 Å². The first kappa shape index (κ1) is 23.3. The standard InChI is InChI=1S/C23H24ClNO4S2/c1-17(2)16-25(23-10-5-4-9-22(23)24)31(28,29)21-8-6-7-19(15-21)18-11-13-20(14-12-18)30(3,26)27/h4-15,17H,16H2,1-3H3. The van der Waals surface area contributed by atoms with E-state index in [-0.39, 0.29) is 22.3 Å². The molecular weight excluding hydrogens is 454 g/mol. The lowest BCUT2D eigenvalue weighted by Gasteiger charge is -2.27. The van der Waals surface area contributed by atoms with Crippen molar-refractivity contribution < 1.29 is 16.8 Å². The Morgan fingerprint density at radius 3 is 2.03 bits per heavy atom. The average Bonchev–Trinajstić information content (AvgIpc) is 2.72. The van der Waals surface area contributed by atoms with Gasteiger partial charge in [0.05, 0.1) is 20.5 Å². The first-order valence-corrected chi connectivity index (χ1v) is 13.4. The molecule has 0 N–H and O–H groups in total. The van der Waals surface area contributed by atoms with Crippen molar-refractivity contribution in [3.05, 3.63) is 77.8 Å². The van der Waals surface area contributed by atoms with Gasteiger partial charge in [-0.3, -0.25) is 4.31 Å². The Kier molecular flexibility index (Phi) is 6.79. The van der Waals surface area contributed by atoms with Crippen molar-refractivity contribution in [3.63, 3.8) is 0 Å².